The summed E-state index contributed by atoms with van der Waals surface area (Å²) < 4.78 is 17.1. The van der Waals surface area contributed by atoms with Crippen LogP contribution in [0.1, 0.15) is 30.1 Å². The lowest BCUT2D eigenvalue weighted by Gasteiger charge is -2.16. The smallest absolute Gasteiger partial charge is 0.123 e. The van der Waals surface area contributed by atoms with Crippen LogP contribution in [0.4, 0.5) is 4.39 Å². The Morgan fingerprint density at radius 2 is 1.96 bits per heavy atom. The van der Waals surface area contributed by atoms with Gasteiger partial charge in [-0.3, -0.25) is 4.90 Å². The Kier molecular flexibility index (Phi) is 3.90. The molecule has 124 valence electrons. The van der Waals surface area contributed by atoms with E-state index in [0.29, 0.717) is 6.04 Å². The van der Waals surface area contributed by atoms with Gasteiger partial charge in [-0.25, -0.2) is 14.1 Å². The largest absolute Gasteiger partial charge is 0.330 e. The number of rotatable bonds is 6. The Balaban J connectivity index is 1.41. The molecule has 4 rings (SSSR count). The van der Waals surface area contributed by atoms with Crippen LogP contribution in [0.3, 0.4) is 0 Å². The topological polar surface area (TPSA) is 38.9 Å². The van der Waals surface area contributed by atoms with Gasteiger partial charge in [0.2, 0.25) is 0 Å². The molecule has 1 saturated carbocycles. The minimum Gasteiger partial charge on any atom is -0.330 e. The minimum absolute atomic E-state index is 0.238. The van der Waals surface area contributed by atoms with E-state index in [-0.39, 0.29) is 5.82 Å². The molecule has 2 heterocycles. The molecule has 3 aromatic rings. The monoisotopic (exact) mass is 325 g/mol. The molecular formula is C18H20FN5. The molecule has 2 aromatic heterocycles. The van der Waals surface area contributed by atoms with Crippen molar-refractivity contribution >= 4 is 0 Å². The molecule has 0 bridgehead atoms. The van der Waals surface area contributed by atoms with Crippen molar-refractivity contribution in [3.63, 3.8) is 0 Å². The molecule has 1 aliphatic rings. The molecule has 0 saturated heterocycles. The van der Waals surface area contributed by atoms with E-state index < -0.39 is 0 Å². The van der Waals surface area contributed by atoms with Gasteiger partial charge in [0.05, 0.1) is 23.9 Å². The summed E-state index contributed by atoms with van der Waals surface area (Å²) in [7, 11) is 2.10. The van der Waals surface area contributed by atoms with E-state index in [1.807, 2.05) is 24.9 Å². The van der Waals surface area contributed by atoms with Gasteiger partial charge < -0.3 is 4.57 Å². The second kappa shape index (κ2) is 6.20. The molecule has 0 atom stereocenters. The first kappa shape index (κ1) is 15.1. The first-order chi connectivity index (χ1) is 11.7. The molecule has 0 aliphatic heterocycles. The van der Waals surface area contributed by atoms with Crippen LogP contribution in [0.15, 0.2) is 49.2 Å². The number of nitrogens with zero attached hydrogens (tertiary/aromatic N) is 5. The summed E-state index contributed by atoms with van der Waals surface area (Å²) in [4.78, 5) is 6.54. The maximum Gasteiger partial charge on any atom is 0.123 e. The van der Waals surface area contributed by atoms with Crippen LogP contribution in [0.5, 0.6) is 0 Å². The Morgan fingerprint density at radius 1 is 1.17 bits per heavy atom. The minimum atomic E-state index is -0.238. The van der Waals surface area contributed by atoms with Crippen LogP contribution < -0.4 is 0 Å². The maximum atomic E-state index is 13.0. The highest BCUT2D eigenvalue weighted by Crippen LogP contribution is 2.35. The van der Waals surface area contributed by atoms with Gasteiger partial charge in [0.15, 0.2) is 0 Å². The van der Waals surface area contributed by atoms with E-state index in [2.05, 4.69) is 26.6 Å². The van der Waals surface area contributed by atoms with Gasteiger partial charge in [-0.2, -0.15) is 5.10 Å². The van der Waals surface area contributed by atoms with E-state index >= 15 is 0 Å². The zero-order valence-corrected chi connectivity index (χ0v) is 13.6. The molecule has 5 nitrogen and oxygen atoms in total. The van der Waals surface area contributed by atoms with Crippen molar-refractivity contribution in [1.82, 2.24) is 24.2 Å². The molecule has 6 heteroatoms. The van der Waals surface area contributed by atoms with Crippen LogP contribution in [0.2, 0.25) is 0 Å². The lowest BCUT2D eigenvalue weighted by molar-refractivity contribution is 0.309. The number of imidazole rings is 1. The molecule has 0 amide bonds. The number of benzene rings is 1. The normalized spacial score (nSPS) is 14.5. The van der Waals surface area contributed by atoms with Gasteiger partial charge in [0.25, 0.3) is 0 Å². The van der Waals surface area contributed by atoms with Crippen molar-refractivity contribution < 1.29 is 4.39 Å². The molecule has 1 aliphatic carbocycles. The van der Waals surface area contributed by atoms with E-state index in [0.717, 1.165) is 24.3 Å². The molecule has 0 unspecified atom stereocenters. The Bertz CT molecular complexity index is 816. The summed E-state index contributed by atoms with van der Waals surface area (Å²) in [6, 6.07) is 7.00. The summed E-state index contributed by atoms with van der Waals surface area (Å²) >= 11 is 0. The van der Waals surface area contributed by atoms with E-state index in [9.17, 15) is 4.39 Å². The fraction of sp³-hybridized carbons (Fsp3) is 0.333. The van der Waals surface area contributed by atoms with Gasteiger partial charge in [0.1, 0.15) is 5.82 Å². The quantitative estimate of drug-likeness (QED) is 0.699. The first-order valence-corrected chi connectivity index (χ1v) is 8.18. The van der Waals surface area contributed by atoms with Gasteiger partial charge in [0, 0.05) is 37.1 Å². The number of halogens is 1. The molecule has 24 heavy (non-hydrogen) atoms. The van der Waals surface area contributed by atoms with Crippen molar-refractivity contribution in [2.75, 3.05) is 7.05 Å². The molecule has 1 aromatic carbocycles. The van der Waals surface area contributed by atoms with Crippen LogP contribution in [0, 0.1) is 5.82 Å². The lowest BCUT2D eigenvalue weighted by Crippen LogP contribution is -2.19. The zero-order valence-electron chi connectivity index (χ0n) is 13.6. The number of hydrogen-bond donors (Lipinski definition) is 0. The van der Waals surface area contributed by atoms with Gasteiger partial charge in [-0.05, 0) is 44.2 Å². The summed E-state index contributed by atoms with van der Waals surface area (Å²) in [5, 5.41) is 4.37. The second-order valence-electron chi connectivity index (χ2n) is 6.47. The van der Waals surface area contributed by atoms with Crippen molar-refractivity contribution in [1.29, 1.82) is 0 Å². The molecular weight excluding hydrogens is 305 g/mol. The molecule has 0 radical (unpaired) electrons. The van der Waals surface area contributed by atoms with Crippen molar-refractivity contribution in [2.45, 2.75) is 32.0 Å². The maximum absolute atomic E-state index is 13.0. The van der Waals surface area contributed by atoms with Crippen molar-refractivity contribution in [3.8, 4) is 5.69 Å². The van der Waals surface area contributed by atoms with Gasteiger partial charge in [-0.15, -0.1) is 0 Å². The summed E-state index contributed by atoms with van der Waals surface area (Å²) in [5.74, 6) is -0.238. The van der Waals surface area contributed by atoms with Gasteiger partial charge >= 0.3 is 0 Å². The average molecular weight is 325 g/mol. The lowest BCUT2D eigenvalue weighted by atomic mass is 10.3. The summed E-state index contributed by atoms with van der Waals surface area (Å²) in [6.07, 6.45) is 10.3. The Hall–Kier alpha value is -2.47. The predicted octanol–water partition coefficient (Wildman–Crippen LogP) is 3.17. The van der Waals surface area contributed by atoms with E-state index in [4.69, 9.17) is 0 Å². The fourth-order valence-electron chi connectivity index (χ4n) is 2.96. The average Bonchev–Trinajstić information content (AvgIpc) is 3.13. The van der Waals surface area contributed by atoms with Crippen LogP contribution in [-0.4, -0.2) is 31.3 Å². The SMILES string of the molecule is CN(Cc1cnn(-c2ccc(F)cc2)c1)Cc1cncn1C1CC1. The summed E-state index contributed by atoms with van der Waals surface area (Å²) in [5.41, 5.74) is 3.24. The van der Waals surface area contributed by atoms with Gasteiger partial charge in [-0.1, -0.05) is 0 Å². The zero-order chi connectivity index (χ0) is 16.5. The number of hydrogen-bond acceptors (Lipinski definition) is 3. The highest BCUT2D eigenvalue weighted by molar-refractivity contribution is 5.31. The fourth-order valence-corrected chi connectivity index (χ4v) is 2.96. The molecule has 0 spiro atoms. The van der Waals surface area contributed by atoms with Crippen LogP contribution >= 0.6 is 0 Å². The Morgan fingerprint density at radius 3 is 2.71 bits per heavy atom. The van der Waals surface area contributed by atoms with E-state index in [1.165, 1.54) is 30.7 Å². The van der Waals surface area contributed by atoms with Crippen molar-refractivity contribution in [2.24, 2.45) is 0 Å². The molecule has 1 fully saturated rings. The third-order valence-corrected chi connectivity index (χ3v) is 4.30. The third kappa shape index (κ3) is 3.23. The highest BCUT2D eigenvalue weighted by Gasteiger charge is 2.25. The summed E-state index contributed by atoms with van der Waals surface area (Å²) in [6.45, 7) is 1.66. The predicted molar refractivity (Wildman–Crippen MR) is 89.2 cm³/mol. The third-order valence-electron chi connectivity index (χ3n) is 4.30. The second-order valence-corrected chi connectivity index (χ2v) is 6.47. The van der Waals surface area contributed by atoms with Crippen LogP contribution in [0.25, 0.3) is 5.69 Å². The highest BCUT2D eigenvalue weighted by atomic mass is 19.1. The van der Waals surface area contributed by atoms with E-state index in [1.54, 1.807) is 16.8 Å². The molecule has 0 N–H and O–H groups in total. The number of aromatic nitrogens is 4. The standard InChI is InChI=1S/C18H20FN5/c1-22(12-18-9-20-13-23(18)16-6-7-16)10-14-8-21-24(11-14)17-4-2-15(19)3-5-17/h2-5,8-9,11,13,16H,6-7,10,12H2,1H3. The Labute approximate surface area is 140 Å². The van der Waals surface area contributed by atoms with Crippen molar-refractivity contribution in [3.05, 3.63) is 66.3 Å². The first-order valence-electron chi connectivity index (χ1n) is 8.18. The van der Waals surface area contributed by atoms with Crippen LogP contribution in [-0.2, 0) is 13.1 Å².